The molecule has 1 fully saturated rings. The van der Waals surface area contributed by atoms with E-state index >= 15 is 0 Å². The maximum absolute atomic E-state index is 6.47. The standard InChI is InChI=1S/C16H12Cl4O/c1-21-13-4-2-9(3-5-13)14-15(16(14,19)20)10-6-11(17)8-12(18)7-10/h2-8,14-15H,1H3/t14-,15-/m0/s1. The van der Waals surface area contributed by atoms with Crippen molar-refractivity contribution >= 4 is 46.4 Å². The van der Waals surface area contributed by atoms with E-state index in [0.29, 0.717) is 10.0 Å². The number of ether oxygens (including phenoxy) is 1. The first kappa shape index (κ1) is 15.3. The third kappa shape index (κ3) is 2.85. The van der Waals surface area contributed by atoms with E-state index in [9.17, 15) is 0 Å². The van der Waals surface area contributed by atoms with Gasteiger partial charge in [-0.3, -0.25) is 0 Å². The smallest absolute Gasteiger partial charge is 0.133 e. The Kier molecular flexibility index (Phi) is 4.04. The van der Waals surface area contributed by atoms with Gasteiger partial charge >= 0.3 is 0 Å². The number of hydrogen-bond acceptors (Lipinski definition) is 1. The Hall–Kier alpha value is -0.600. The fourth-order valence-corrected chi connectivity index (χ4v) is 4.15. The molecule has 5 heteroatoms. The van der Waals surface area contributed by atoms with Crippen LogP contribution in [0.25, 0.3) is 0 Å². The Morgan fingerprint density at radius 3 is 1.90 bits per heavy atom. The van der Waals surface area contributed by atoms with Gasteiger partial charge < -0.3 is 4.74 Å². The second kappa shape index (κ2) is 5.55. The number of rotatable bonds is 3. The molecule has 110 valence electrons. The Morgan fingerprint density at radius 1 is 0.857 bits per heavy atom. The number of benzene rings is 2. The summed E-state index contributed by atoms with van der Waals surface area (Å²) in [7, 11) is 1.64. The van der Waals surface area contributed by atoms with Crippen molar-refractivity contribution in [2.24, 2.45) is 0 Å². The van der Waals surface area contributed by atoms with Gasteiger partial charge in [0.15, 0.2) is 0 Å². The lowest BCUT2D eigenvalue weighted by Gasteiger charge is -2.04. The van der Waals surface area contributed by atoms with Crippen molar-refractivity contribution < 1.29 is 4.74 Å². The SMILES string of the molecule is COc1ccc([C@H]2[C@H](c3cc(Cl)cc(Cl)c3)C2(Cl)Cl)cc1. The first-order chi connectivity index (χ1) is 9.93. The molecule has 1 aliphatic rings. The molecule has 1 saturated carbocycles. The normalized spacial score (nSPS) is 22.9. The zero-order chi connectivity index (χ0) is 15.2. The van der Waals surface area contributed by atoms with Gasteiger partial charge in [0.25, 0.3) is 0 Å². The van der Waals surface area contributed by atoms with Crippen LogP contribution >= 0.6 is 46.4 Å². The van der Waals surface area contributed by atoms with Crippen LogP contribution in [0.2, 0.25) is 10.0 Å². The Balaban J connectivity index is 1.93. The van der Waals surface area contributed by atoms with E-state index in [0.717, 1.165) is 16.9 Å². The fourth-order valence-electron chi connectivity index (χ4n) is 2.72. The van der Waals surface area contributed by atoms with Crippen molar-refractivity contribution in [1.82, 2.24) is 0 Å². The van der Waals surface area contributed by atoms with Crippen molar-refractivity contribution in [3.63, 3.8) is 0 Å². The minimum atomic E-state index is -0.845. The van der Waals surface area contributed by atoms with Gasteiger partial charge in [0.2, 0.25) is 0 Å². The summed E-state index contributed by atoms with van der Waals surface area (Å²) in [5, 5.41) is 1.17. The van der Waals surface area contributed by atoms with Crippen LogP contribution in [0, 0.1) is 0 Å². The molecule has 0 amide bonds. The summed E-state index contributed by atoms with van der Waals surface area (Å²) in [6.45, 7) is 0. The van der Waals surface area contributed by atoms with Crippen LogP contribution in [0.15, 0.2) is 42.5 Å². The number of halogens is 4. The van der Waals surface area contributed by atoms with E-state index in [2.05, 4.69) is 0 Å². The van der Waals surface area contributed by atoms with E-state index in [1.54, 1.807) is 13.2 Å². The van der Waals surface area contributed by atoms with Crippen LogP contribution in [0.1, 0.15) is 23.0 Å². The molecule has 2 aromatic carbocycles. The Bertz CT molecular complexity index is 646. The van der Waals surface area contributed by atoms with Crippen LogP contribution in [-0.4, -0.2) is 11.4 Å². The molecular weight excluding hydrogens is 350 g/mol. The first-order valence-corrected chi connectivity index (χ1v) is 7.92. The van der Waals surface area contributed by atoms with E-state index in [1.807, 2.05) is 36.4 Å². The molecule has 2 aromatic rings. The van der Waals surface area contributed by atoms with Crippen molar-refractivity contribution in [2.75, 3.05) is 7.11 Å². The highest BCUT2D eigenvalue weighted by Gasteiger charge is 2.64. The topological polar surface area (TPSA) is 9.23 Å². The zero-order valence-corrected chi connectivity index (χ0v) is 14.1. The molecule has 0 unspecified atom stereocenters. The summed E-state index contributed by atoms with van der Waals surface area (Å²) in [6, 6.07) is 13.2. The molecule has 1 nitrogen and oxygen atoms in total. The van der Waals surface area contributed by atoms with Gasteiger partial charge in [-0.1, -0.05) is 35.3 Å². The highest BCUT2D eigenvalue weighted by molar-refractivity contribution is 6.52. The summed E-state index contributed by atoms with van der Waals surface area (Å²) < 4.78 is 4.32. The number of hydrogen-bond donors (Lipinski definition) is 0. The summed E-state index contributed by atoms with van der Waals surface area (Å²) in [6.07, 6.45) is 0. The predicted octanol–water partition coefficient (Wildman–Crippen LogP) is 6.06. The lowest BCUT2D eigenvalue weighted by molar-refractivity contribution is 0.414. The second-order valence-corrected chi connectivity index (χ2v) is 7.42. The molecule has 0 aliphatic heterocycles. The largest absolute Gasteiger partial charge is 0.497 e. The van der Waals surface area contributed by atoms with Gasteiger partial charge in [-0.15, -0.1) is 23.2 Å². The molecule has 0 radical (unpaired) electrons. The monoisotopic (exact) mass is 360 g/mol. The van der Waals surface area contributed by atoms with Gasteiger partial charge in [0.1, 0.15) is 10.1 Å². The summed E-state index contributed by atoms with van der Waals surface area (Å²) >= 11 is 25.1. The van der Waals surface area contributed by atoms with Gasteiger partial charge in [-0.2, -0.15) is 0 Å². The molecule has 0 N–H and O–H groups in total. The Morgan fingerprint density at radius 2 is 1.38 bits per heavy atom. The average Bonchev–Trinajstić information content (AvgIpc) is 3.00. The lowest BCUT2D eigenvalue weighted by Crippen LogP contribution is -1.91. The van der Waals surface area contributed by atoms with Gasteiger partial charge in [0, 0.05) is 21.9 Å². The predicted molar refractivity (Wildman–Crippen MR) is 89.4 cm³/mol. The zero-order valence-electron chi connectivity index (χ0n) is 11.1. The minimum absolute atomic E-state index is 0.0151. The summed E-state index contributed by atoms with van der Waals surface area (Å²) in [5.41, 5.74) is 2.03. The summed E-state index contributed by atoms with van der Waals surface area (Å²) in [4.78, 5) is 0. The van der Waals surface area contributed by atoms with Gasteiger partial charge in [-0.05, 0) is 41.5 Å². The van der Waals surface area contributed by atoms with Crippen molar-refractivity contribution in [3.05, 3.63) is 63.6 Å². The molecular formula is C16H12Cl4O. The number of alkyl halides is 2. The molecule has 1 aliphatic carbocycles. The maximum atomic E-state index is 6.47. The fraction of sp³-hybridized carbons (Fsp3) is 0.250. The average molecular weight is 362 g/mol. The van der Waals surface area contributed by atoms with E-state index < -0.39 is 4.33 Å². The van der Waals surface area contributed by atoms with Crippen molar-refractivity contribution in [3.8, 4) is 5.75 Å². The third-order valence-corrected chi connectivity index (χ3v) is 5.15. The first-order valence-electron chi connectivity index (χ1n) is 6.41. The van der Waals surface area contributed by atoms with Crippen molar-refractivity contribution in [2.45, 2.75) is 16.2 Å². The third-order valence-electron chi connectivity index (χ3n) is 3.77. The molecule has 0 saturated heterocycles. The van der Waals surface area contributed by atoms with E-state index in [4.69, 9.17) is 51.1 Å². The highest BCUT2D eigenvalue weighted by atomic mass is 35.5. The van der Waals surface area contributed by atoms with Crippen LogP contribution in [-0.2, 0) is 0 Å². The van der Waals surface area contributed by atoms with Crippen LogP contribution in [0.4, 0.5) is 0 Å². The summed E-state index contributed by atoms with van der Waals surface area (Å²) in [5.74, 6) is 0.795. The van der Waals surface area contributed by atoms with Crippen molar-refractivity contribution in [1.29, 1.82) is 0 Å². The van der Waals surface area contributed by atoms with Gasteiger partial charge in [0.05, 0.1) is 7.11 Å². The maximum Gasteiger partial charge on any atom is 0.133 e. The minimum Gasteiger partial charge on any atom is -0.497 e. The van der Waals surface area contributed by atoms with Gasteiger partial charge in [-0.25, -0.2) is 0 Å². The van der Waals surface area contributed by atoms with E-state index in [1.165, 1.54) is 0 Å². The van der Waals surface area contributed by atoms with Crippen LogP contribution in [0.5, 0.6) is 5.75 Å². The molecule has 0 spiro atoms. The lowest BCUT2D eigenvalue weighted by atomic mass is 10.0. The Labute approximate surface area is 143 Å². The van der Waals surface area contributed by atoms with Crippen LogP contribution < -0.4 is 4.74 Å². The highest BCUT2D eigenvalue weighted by Crippen LogP contribution is 2.70. The molecule has 3 rings (SSSR count). The van der Waals surface area contributed by atoms with E-state index in [-0.39, 0.29) is 11.8 Å². The quantitative estimate of drug-likeness (QED) is 0.604. The molecule has 0 aromatic heterocycles. The molecule has 0 bridgehead atoms. The molecule has 2 atom stereocenters. The molecule has 21 heavy (non-hydrogen) atoms. The van der Waals surface area contributed by atoms with Crippen LogP contribution in [0.3, 0.4) is 0 Å². The number of methoxy groups -OCH3 is 1. The second-order valence-electron chi connectivity index (χ2n) is 5.11. The molecule has 0 heterocycles.